The zero-order valence-corrected chi connectivity index (χ0v) is 61.2. The van der Waals surface area contributed by atoms with E-state index in [1.807, 2.05) is 30.4 Å². The van der Waals surface area contributed by atoms with Crippen molar-refractivity contribution in [1.82, 2.24) is 0 Å². The summed E-state index contributed by atoms with van der Waals surface area (Å²) in [7, 11) is -9.84. The van der Waals surface area contributed by atoms with Crippen LogP contribution < -0.4 is 0 Å². The second-order valence-corrected chi connectivity index (χ2v) is 26.2. The monoisotopic (exact) mass is 1390 g/mol. The number of hydrogen-bond donors (Lipinski definition) is 4. The smallest absolute Gasteiger partial charge is 0.463 e. The largest absolute Gasteiger partial charge is 0.472 e. The van der Waals surface area contributed by atoms with E-state index in [4.69, 9.17) is 32.3 Å². The first-order valence-electron chi connectivity index (χ1n) is 36.1. The highest BCUT2D eigenvalue weighted by Gasteiger charge is 2.29. The van der Waals surface area contributed by atoms with Crippen molar-refractivity contribution in [2.45, 2.75) is 257 Å². The number of ether oxygens (including phenoxy) is 3. The number of carbonyl (C=O) groups excluding carboxylic acids is 3. The number of phosphoric ester groups is 2. The fourth-order valence-corrected chi connectivity index (χ4v) is 10.3. The Morgan fingerprint density at radius 3 is 0.959 bits per heavy atom. The zero-order valence-electron chi connectivity index (χ0n) is 59.4. The van der Waals surface area contributed by atoms with E-state index in [1.165, 1.54) is 51.4 Å². The Hall–Kier alpha value is -5.35. The van der Waals surface area contributed by atoms with Crippen LogP contribution in [0.1, 0.15) is 239 Å². The van der Waals surface area contributed by atoms with Gasteiger partial charge in [0.1, 0.15) is 25.4 Å². The average Bonchev–Trinajstić information content (AvgIpc) is 2.14. The number of phosphoric acid groups is 2. The second kappa shape index (κ2) is 70.5. The predicted molar refractivity (Wildman–Crippen MR) is 398 cm³/mol. The topological polar surface area (TPSA) is 231 Å². The summed E-state index contributed by atoms with van der Waals surface area (Å²) in [5, 5.41) is 20.6. The second-order valence-electron chi connectivity index (χ2n) is 23.3. The molecule has 0 aliphatic rings. The minimum atomic E-state index is -4.97. The van der Waals surface area contributed by atoms with Gasteiger partial charge in [0.05, 0.1) is 26.4 Å². The van der Waals surface area contributed by atoms with Gasteiger partial charge in [-0.05, 0) is 141 Å². The van der Waals surface area contributed by atoms with Gasteiger partial charge in [0.25, 0.3) is 0 Å². The first kappa shape index (κ1) is 91.6. The van der Waals surface area contributed by atoms with Gasteiger partial charge >= 0.3 is 33.6 Å². The van der Waals surface area contributed by atoms with E-state index in [0.717, 1.165) is 116 Å². The molecule has 0 radical (unpaired) electrons. The Labute approximate surface area is 585 Å². The molecule has 0 rings (SSSR count). The molecule has 0 saturated heterocycles. The van der Waals surface area contributed by atoms with Crippen LogP contribution >= 0.6 is 15.6 Å². The summed E-state index contributed by atoms with van der Waals surface area (Å²) in [5.74, 6) is -1.77. The maximum Gasteiger partial charge on any atom is 0.472 e. The Morgan fingerprint density at radius 1 is 0.299 bits per heavy atom. The summed E-state index contributed by atoms with van der Waals surface area (Å²) < 4.78 is 60.8. The van der Waals surface area contributed by atoms with Gasteiger partial charge in [-0.25, -0.2) is 9.13 Å². The lowest BCUT2D eigenvalue weighted by atomic mass is 10.1. The predicted octanol–water partition coefficient (Wildman–Crippen LogP) is 20.6. The molecule has 0 aromatic rings. The third-order valence-corrected chi connectivity index (χ3v) is 16.0. The Morgan fingerprint density at radius 2 is 0.577 bits per heavy atom. The molecule has 0 aliphatic heterocycles. The standard InChI is InChI=1S/C79H126O16P2/c1-4-7-10-13-16-19-22-25-28-31-33-34-35-36-37-38-40-43-44-47-50-53-56-59-62-65-77(82)89-68-74(80)69-91-96(85,86)92-70-75(81)71-93-97(87,88)94-73-76(95-79(84)67-64-61-58-55-52-49-46-41-30-27-24-21-18-15-12-9-6-3)72-90-78(83)66-63-60-57-54-51-48-45-42-39-32-29-26-23-20-17-14-11-8-5-2/h8-9,11-12,16-21,25-30,33-34,36-37,39,42,46,48-49,51,55,57-58,60,74-76,80-81H,4-7,10,13-15,22-24,31-32,35,38,40-41,43-45,47,50,52-54,56,59,61-73H2,1-3H3,(H,85,86)(H,87,88)/b11-8-,12-9-,19-16-,20-17-,21-18-,28-25-,29-26-,30-27-,34-33-,37-36-,42-39-,49-46-,51-48-,58-55-,60-57-. The molecule has 0 amide bonds. The molecule has 0 fully saturated rings. The summed E-state index contributed by atoms with van der Waals surface area (Å²) in [5.41, 5.74) is 0. The van der Waals surface area contributed by atoms with Gasteiger partial charge in [-0.3, -0.25) is 32.5 Å². The van der Waals surface area contributed by atoms with E-state index in [0.29, 0.717) is 32.1 Å². The number of esters is 3. The number of carbonyl (C=O) groups is 3. The molecule has 5 atom stereocenters. The summed E-state index contributed by atoms with van der Waals surface area (Å²) in [6.07, 6.45) is 89.7. The van der Waals surface area contributed by atoms with Crippen LogP contribution in [0, 0.1) is 0 Å². The number of rotatable bonds is 66. The molecule has 5 unspecified atom stereocenters. The van der Waals surface area contributed by atoms with E-state index < -0.39 is 91.5 Å². The Kier molecular flexibility index (Phi) is 66.6. The first-order chi connectivity index (χ1) is 47.2. The summed E-state index contributed by atoms with van der Waals surface area (Å²) in [6, 6.07) is 0. The van der Waals surface area contributed by atoms with Crippen LogP contribution in [0.15, 0.2) is 182 Å². The minimum Gasteiger partial charge on any atom is -0.463 e. The highest BCUT2D eigenvalue weighted by Crippen LogP contribution is 2.45. The van der Waals surface area contributed by atoms with Crippen molar-refractivity contribution < 1.29 is 75.8 Å². The van der Waals surface area contributed by atoms with Crippen molar-refractivity contribution >= 4 is 33.6 Å². The quantitative estimate of drug-likeness (QED) is 0.0146. The van der Waals surface area contributed by atoms with Crippen LogP contribution in [0.5, 0.6) is 0 Å². The number of unbranched alkanes of at least 4 members (excludes halogenated alkanes) is 13. The molecular formula is C79H126O16P2. The molecule has 4 N–H and O–H groups in total. The summed E-state index contributed by atoms with van der Waals surface area (Å²) >= 11 is 0. The van der Waals surface area contributed by atoms with Gasteiger partial charge in [-0.2, -0.15) is 0 Å². The molecule has 16 nitrogen and oxygen atoms in total. The molecule has 0 aromatic carbocycles. The molecule has 0 heterocycles. The lowest BCUT2D eigenvalue weighted by molar-refractivity contribution is -0.161. The summed E-state index contributed by atoms with van der Waals surface area (Å²) in [6.45, 7) is 2.21. The van der Waals surface area contributed by atoms with Gasteiger partial charge in [-0.15, -0.1) is 0 Å². The van der Waals surface area contributed by atoms with Crippen LogP contribution in [0.3, 0.4) is 0 Å². The van der Waals surface area contributed by atoms with Crippen molar-refractivity contribution in [2.24, 2.45) is 0 Å². The number of allylic oxidation sites excluding steroid dienone is 30. The van der Waals surface area contributed by atoms with Crippen molar-refractivity contribution in [2.75, 3.05) is 39.6 Å². The van der Waals surface area contributed by atoms with Crippen molar-refractivity contribution in [3.63, 3.8) is 0 Å². The van der Waals surface area contributed by atoms with Gasteiger partial charge in [0.15, 0.2) is 6.10 Å². The van der Waals surface area contributed by atoms with Gasteiger partial charge < -0.3 is 34.2 Å². The highest BCUT2D eigenvalue weighted by molar-refractivity contribution is 7.47. The fraction of sp³-hybridized carbons (Fsp3) is 0.582. The number of aliphatic hydroxyl groups is 2. The van der Waals surface area contributed by atoms with Crippen molar-refractivity contribution in [3.8, 4) is 0 Å². The number of hydrogen-bond acceptors (Lipinski definition) is 14. The molecule has 0 spiro atoms. The van der Waals surface area contributed by atoms with Crippen LogP contribution in [0.4, 0.5) is 0 Å². The zero-order chi connectivity index (χ0) is 70.9. The van der Waals surface area contributed by atoms with E-state index in [2.05, 4.69) is 173 Å². The average molecular weight is 1390 g/mol. The molecule has 0 aliphatic carbocycles. The van der Waals surface area contributed by atoms with Crippen molar-refractivity contribution in [3.05, 3.63) is 182 Å². The lowest BCUT2D eigenvalue weighted by Crippen LogP contribution is -2.30. The van der Waals surface area contributed by atoms with Crippen LogP contribution in [0.2, 0.25) is 0 Å². The van der Waals surface area contributed by atoms with Gasteiger partial charge in [0.2, 0.25) is 0 Å². The molecule has 97 heavy (non-hydrogen) atoms. The molecule has 0 bridgehead atoms. The highest BCUT2D eigenvalue weighted by atomic mass is 31.2. The Bertz CT molecular complexity index is 2490. The maximum absolute atomic E-state index is 12.9. The van der Waals surface area contributed by atoms with E-state index in [9.17, 15) is 43.5 Å². The molecule has 0 saturated carbocycles. The molecule has 0 aromatic heterocycles. The molecular weight excluding hydrogens is 1270 g/mol. The minimum absolute atomic E-state index is 0.00231. The summed E-state index contributed by atoms with van der Waals surface area (Å²) in [4.78, 5) is 58.4. The normalized spacial score (nSPS) is 15.2. The van der Waals surface area contributed by atoms with Crippen molar-refractivity contribution in [1.29, 1.82) is 0 Å². The maximum atomic E-state index is 12.9. The van der Waals surface area contributed by atoms with Crippen LogP contribution in [-0.2, 0) is 55.8 Å². The SMILES string of the molecule is CC/C=C\C/C=C\C/C=C\C/C=C\C/C=C\C/C=C\CCC(=O)OCC(COP(=O)(O)OCC(O)COP(=O)(O)OCC(O)COC(=O)CCCCCCCCCCC/C=C\C/C=C\C/C=C\C/C=C\CCCCC)OC(=O)CCC/C=C\C/C=C\C/C=C\C/C=C\C/C=C\CC. The van der Waals surface area contributed by atoms with Gasteiger partial charge in [-0.1, -0.05) is 261 Å². The van der Waals surface area contributed by atoms with E-state index in [-0.39, 0.29) is 19.3 Å². The van der Waals surface area contributed by atoms with Crippen LogP contribution in [-0.4, -0.2) is 95.9 Å². The van der Waals surface area contributed by atoms with E-state index in [1.54, 1.807) is 0 Å². The number of aliphatic hydroxyl groups excluding tert-OH is 2. The third kappa shape index (κ3) is 71.7. The van der Waals surface area contributed by atoms with Crippen LogP contribution in [0.25, 0.3) is 0 Å². The fourth-order valence-electron chi connectivity index (χ4n) is 8.67. The lowest BCUT2D eigenvalue weighted by Gasteiger charge is -2.21. The van der Waals surface area contributed by atoms with E-state index >= 15 is 0 Å². The Balaban J connectivity index is 4.75. The molecule has 548 valence electrons. The first-order valence-corrected chi connectivity index (χ1v) is 39.1. The third-order valence-electron chi connectivity index (χ3n) is 14.1. The van der Waals surface area contributed by atoms with Gasteiger partial charge in [0, 0.05) is 19.3 Å². The molecule has 18 heteroatoms.